The topological polar surface area (TPSA) is 138 Å². The van der Waals surface area contributed by atoms with Gasteiger partial charge in [-0.25, -0.2) is 0 Å². The van der Waals surface area contributed by atoms with Gasteiger partial charge in [0.05, 0.1) is 42.8 Å². The van der Waals surface area contributed by atoms with Gasteiger partial charge in [0.1, 0.15) is 29.8 Å². The molecule has 1 saturated carbocycles. The molecule has 0 aromatic heterocycles. The van der Waals surface area contributed by atoms with Crippen molar-refractivity contribution in [3.8, 4) is 0 Å². The summed E-state index contributed by atoms with van der Waals surface area (Å²) in [5.74, 6) is -1.60. The number of aliphatic hydroxyl groups excluding tert-OH is 1. The van der Waals surface area contributed by atoms with E-state index in [-0.39, 0.29) is 30.8 Å². The van der Waals surface area contributed by atoms with Crippen LogP contribution in [0.25, 0.3) is 0 Å². The van der Waals surface area contributed by atoms with E-state index in [1.54, 1.807) is 18.2 Å². The van der Waals surface area contributed by atoms with Crippen molar-refractivity contribution in [2.24, 2.45) is 28.8 Å². The van der Waals surface area contributed by atoms with Crippen LogP contribution in [-0.4, -0.2) is 121 Å². The van der Waals surface area contributed by atoms with E-state index in [0.717, 1.165) is 24.0 Å². The van der Waals surface area contributed by atoms with Gasteiger partial charge in [-0.05, 0) is 75.0 Å². The van der Waals surface area contributed by atoms with Crippen LogP contribution in [0.15, 0.2) is 52.2 Å². The van der Waals surface area contributed by atoms with Crippen molar-refractivity contribution in [3.63, 3.8) is 0 Å². The van der Waals surface area contributed by atoms with Crippen LogP contribution in [-0.2, 0) is 38.0 Å². The molecule has 0 aromatic carbocycles. The van der Waals surface area contributed by atoms with Crippen LogP contribution in [0.5, 0.6) is 0 Å². The number of aliphatic hydroxyl groups is 2. The third-order valence-corrected chi connectivity index (χ3v) is 13.8. The lowest BCUT2D eigenvalue weighted by Gasteiger charge is -2.51. The average molecular weight is 797 g/mol. The van der Waals surface area contributed by atoms with E-state index in [1.807, 2.05) is 46.2 Å². The van der Waals surface area contributed by atoms with Gasteiger partial charge in [0.25, 0.3) is 0 Å². The quantitative estimate of drug-likeness (QED) is 0.188. The first-order valence-corrected chi connectivity index (χ1v) is 21.6. The number of hydrogen-bond donors (Lipinski definition) is 2. The minimum Gasteiger partial charge on any atom is -0.462 e. The van der Waals surface area contributed by atoms with Gasteiger partial charge in [0.15, 0.2) is 12.1 Å². The van der Waals surface area contributed by atoms with Crippen LogP contribution in [0.4, 0.5) is 0 Å². The van der Waals surface area contributed by atoms with E-state index in [2.05, 4.69) is 26.8 Å². The van der Waals surface area contributed by atoms with Gasteiger partial charge >= 0.3 is 5.97 Å². The number of hydrazone groups is 1. The second kappa shape index (κ2) is 17.7. The van der Waals surface area contributed by atoms with E-state index >= 15 is 0 Å². The van der Waals surface area contributed by atoms with Crippen LogP contribution in [0.3, 0.4) is 0 Å². The number of esters is 1. The molecule has 1 spiro atoms. The monoisotopic (exact) mass is 796 g/mol. The largest absolute Gasteiger partial charge is 0.462 e. The molecule has 0 amide bonds. The number of carbonyl (C=O) groups is 1. The van der Waals surface area contributed by atoms with Gasteiger partial charge in [-0.1, -0.05) is 63.5 Å². The Labute approximate surface area is 339 Å². The molecule has 7 aliphatic rings. The standard InChI is InChI=1S/C45H68N2O10/c1-26-13-12-16-32-25-52-42-38(46-47(6)7)29(4)21-35(45(32,42)50)43(49)54-34-22-33(18-17-27(2)40(26)55-37-23-36(51-8)39(48)30(5)53-37)56-44(24-34)20-19-28(3)41(57-44)31-14-10-9-11-15-31/h12-13,16-17,21,26,28,30-31,33-37,39-42,48,50H,9-11,14-15,18-20,22-25H2,1-8H3/b13-12+,27-17+,32-16+,46-38+/t26-,28-,30-,33+,34-,35-,36-,37-,39-,40-,41-,42+,44+,45+/m0/s1. The first kappa shape index (κ1) is 42.7. The Kier molecular flexibility index (Phi) is 13.2. The summed E-state index contributed by atoms with van der Waals surface area (Å²) in [7, 11) is 5.26. The Hall–Kier alpha value is -2.42. The second-order valence-electron chi connectivity index (χ2n) is 18.3. The molecule has 5 fully saturated rings. The summed E-state index contributed by atoms with van der Waals surface area (Å²) in [5, 5.41) is 29.9. The lowest BCUT2D eigenvalue weighted by atomic mass is 9.71. The van der Waals surface area contributed by atoms with Gasteiger partial charge in [0, 0.05) is 52.8 Å². The zero-order valence-corrected chi connectivity index (χ0v) is 35.4. The summed E-state index contributed by atoms with van der Waals surface area (Å²) < 4.78 is 45.6. The average Bonchev–Trinajstić information content (AvgIpc) is 3.52. The second-order valence-corrected chi connectivity index (χ2v) is 18.3. The third kappa shape index (κ3) is 8.90. The lowest BCUT2D eigenvalue weighted by molar-refractivity contribution is -0.342. The van der Waals surface area contributed by atoms with Gasteiger partial charge in [0.2, 0.25) is 0 Å². The van der Waals surface area contributed by atoms with Gasteiger partial charge in [-0.3, -0.25) is 4.79 Å². The molecule has 57 heavy (non-hydrogen) atoms. The van der Waals surface area contributed by atoms with Crippen molar-refractivity contribution in [1.29, 1.82) is 0 Å². The Bertz CT molecular complexity index is 1600. The summed E-state index contributed by atoms with van der Waals surface area (Å²) >= 11 is 0. The molecule has 2 aliphatic carbocycles. The minimum absolute atomic E-state index is 0.0881. The molecule has 2 bridgehead atoms. The molecule has 0 radical (unpaired) electrons. The highest BCUT2D eigenvalue weighted by atomic mass is 16.7. The fourth-order valence-electron chi connectivity index (χ4n) is 10.6. The molecule has 12 heteroatoms. The summed E-state index contributed by atoms with van der Waals surface area (Å²) in [6, 6.07) is 0. The predicted molar refractivity (Wildman–Crippen MR) is 215 cm³/mol. The van der Waals surface area contributed by atoms with Crippen LogP contribution in [0.2, 0.25) is 0 Å². The van der Waals surface area contributed by atoms with E-state index in [4.69, 9.17) is 38.3 Å². The van der Waals surface area contributed by atoms with Crippen molar-refractivity contribution in [2.75, 3.05) is 27.8 Å². The predicted octanol–water partition coefficient (Wildman–Crippen LogP) is 6.16. The number of carbonyl (C=O) groups excluding carboxylic acids is 1. The molecule has 7 rings (SSSR count). The Morgan fingerprint density at radius 3 is 2.53 bits per heavy atom. The first-order valence-electron chi connectivity index (χ1n) is 21.6. The summed E-state index contributed by atoms with van der Waals surface area (Å²) in [4.78, 5) is 14.6. The van der Waals surface area contributed by atoms with E-state index in [9.17, 15) is 15.0 Å². The smallest absolute Gasteiger partial charge is 0.316 e. The SMILES string of the molecule is CO[C@H]1C[C@H](O[C@@H]2/C(C)=C/C[C@@H]3C[C@@H](C[C@]4(CC[C@H](C)[C@@H](C5CCCCC5)O4)O3)OC(=O)[C@@H]3C=C(C)/C(=N\N(C)C)[C@H]4OC/C(=C\C=C\[C@@H]2C)[C@]43O)O[C@@H](C)[C@@H]1O. The fourth-order valence-corrected chi connectivity index (χ4v) is 10.6. The molecular weight excluding hydrogens is 728 g/mol. The molecule has 14 atom stereocenters. The number of rotatable bonds is 5. The van der Waals surface area contributed by atoms with Crippen LogP contribution in [0.1, 0.15) is 105 Å². The molecule has 4 saturated heterocycles. The van der Waals surface area contributed by atoms with Gasteiger partial charge < -0.3 is 48.4 Å². The fraction of sp³-hybridized carbons (Fsp3) is 0.778. The summed E-state index contributed by atoms with van der Waals surface area (Å²) in [6.07, 6.45) is 15.3. The summed E-state index contributed by atoms with van der Waals surface area (Å²) in [5.41, 5.74) is 1.23. The molecule has 2 N–H and O–H groups in total. The highest BCUT2D eigenvalue weighted by Gasteiger charge is 2.60. The minimum atomic E-state index is -1.71. The first-order chi connectivity index (χ1) is 27.2. The zero-order chi connectivity index (χ0) is 40.6. The van der Waals surface area contributed by atoms with E-state index < -0.39 is 60.1 Å². The lowest BCUT2D eigenvalue weighted by Crippen LogP contribution is -2.58. The van der Waals surface area contributed by atoms with Crippen molar-refractivity contribution < 1.29 is 48.2 Å². The van der Waals surface area contributed by atoms with Crippen LogP contribution < -0.4 is 0 Å². The molecule has 12 nitrogen and oxygen atoms in total. The molecule has 0 unspecified atom stereocenters. The van der Waals surface area contributed by atoms with Crippen molar-refractivity contribution >= 4 is 11.7 Å². The van der Waals surface area contributed by atoms with Crippen LogP contribution in [0, 0.1) is 23.7 Å². The van der Waals surface area contributed by atoms with Crippen molar-refractivity contribution in [2.45, 2.75) is 172 Å². The maximum Gasteiger partial charge on any atom is 0.316 e. The highest BCUT2D eigenvalue weighted by molar-refractivity contribution is 6.07. The number of hydrogen-bond acceptors (Lipinski definition) is 12. The van der Waals surface area contributed by atoms with E-state index in [1.165, 1.54) is 32.1 Å². The number of allylic oxidation sites excluding steroid dienone is 2. The number of ether oxygens (including phenoxy) is 7. The zero-order valence-electron chi connectivity index (χ0n) is 35.4. The molecule has 5 aliphatic heterocycles. The Balaban J connectivity index is 1.26. The van der Waals surface area contributed by atoms with Crippen LogP contribution >= 0.6 is 0 Å². The third-order valence-electron chi connectivity index (χ3n) is 13.8. The molecule has 0 aromatic rings. The normalized spacial score (nSPS) is 46.6. The van der Waals surface area contributed by atoms with E-state index in [0.29, 0.717) is 48.8 Å². The number of methoxy groups -OCH3 is 1. The maximum atomic E-state index is 14.6. The highest BCUT2D eigenvalue weighted by Crippen LogP contribution is 2.48. The Morgan fingerprint density at radius 2 is 1.79 bits per heavy atom. The Morgan fingerprint density at radius 1 is 1.02 bits per heavy atom. The van der Waals surface area contributed by atoms with Gasteiger partial charge in [-0.15, -0.1) is 0 Å². The number of nitrogens with zero attached hydrogens (tertiary/aromatic N) is 2. The van der Waals surface area contributed by atoms with Crippen molar-refractivity contribution in [1.82, 2.24) is 5.01 Å². The molecular formula is C45H68N2O10. The van der Waals surface area contributed by atoms with Gasteiger partial charge in [-0.2, -0.15) is 5.10 Å². The number of fused-ring (bicyclic) bond motifs is 2. The summed E-state index contributed by atoms with van der Waals surface area (Å²) in [6.45, 7) is 10.3. The maximum absolute atomic E-state index is 14.6. The van der Waals surface area contributed by atoms with Crippen molar-refractivity contribution in [3.05, 3.63) is 47.1 Å². The molecule has 5 heterocycles. The molecule has 318 valence electrons.